The monoisotopic (exact) mass is 253 g/mol. The molecule has 1 N–H and O–H groups in total. The Morgan fingerprint density at radius 3 is 2.47 bits per heavy atom. The van der Waals surface area contributed by atoms with E-state index in [4.69, 9.17) is 5.26 Å². The van der Waals surface area contributed by atoms with Crippen molar-refractivity contribution in [1.29, 1.82) is 5.26 Å². The first-order chi connectivity index (χ1) is 8.85. The maximum absolute atomic E-state index is 12.0. The lowest BCUT2D eigenvalue weighted by Gasteiger charge is -2.06. The minimum Gasteiger partial charge on any atom is -0.507 e. The number of carbonyl (C=O) groups excluding carboxylic acids is 1. The zero-order valence-electron chi connectivity index (χ0n) is 11.2. The molecule has 0 heterocycles. The molecule has 0 saturated carbocycles. The van der Waals surface area contributed by atoms with Crippen LogP contribution in [0.15, 0.2) is 35.9 Å². The summed E-state index contributed by atoms with van der Waals surface area (Å²) in [6.07, 6.45) is 1.29. The number of phenols is 1. The topological polar surface area (TPSA) is 61.1 Å². The summed E-state index contributed by atoms with van der Waals surface area (Å²) in [5.41, 5.74) is -0.180. The molecule has 96 valence electrons. The van der Waals surface area contributed by atoms with Crippen LogP contribution >= 0.6 is 0 Å². The standard InChI is InChI=1S/C16H15NO2/c1-16(2,3)10-6-7-12(11-17)15(19)13-8-4-5-9-14(13)18/h4-5,7-9,18H,1-3H3/b12-7+. The third kappa shape index (κ3) is 4.33. The number of allylic oxidation sites excluding steroid dienone is 2. The molecule has 0 aliphatic carbocycles. The lowest BCUT2D eigenvalue weighted by molar-refractivity contribution is 0.103. The fourth-order valence-electron chi connectivity index (χ4n) is 1.28. The minimum absolute atomic E-state index is 0.0850. The van der Waals surface area contributed by atoms with Crippen molar-refractivity contribution >= 4 is 5.78 Å². The number of nitriles is 1. The zero-order valence-corrected chi connectivity index (χ0v) is 11.2. The molecule has 0 aromatic heterocycles. The number of nitrogens with zero attached hydrogens (tertiary/aromatic N) is 1. The molecule has 1 aromatic carbocycles. The molecule has 0 aliphatic heterocycles. The second-order valence-electron chi connectivity index (χ2n) is 5.04. The highest BCUT2D eigenvalue weighted by Gasteiger charge is 2.14. The number of ketones is 1. The normalized spacial score (nSPS) is 11.2. The Balaban J connectivity index is 3.09. The van der Waals surface area contributed by atoms with Gasteiger partial charge in [-0.2, -0.15) is 5.26 Å². The van der Waals surface area contributed by atoms with Crippen LogP contribution < -0.4 is 0 Å². The van der Waals surface area contributed by atoms with Crippen molar-refractivity contribution < 1.29 is 9.90 Å². The van der Waals surface area contributed by atoms with Crippen LogP contribution in [0.4, 0.5) is 0 Å². The van der Waals surface area contributed by atoms with Gasteiger partial charge >= 0.3 is 0 Å². The highest BCUT2D eigenvalue weighted by Crippen LogP contribution is 2.19. The van der Waals surface area contributed by atoms with Crippen LogP contribution in [0.2, 0.25) is 0 Å². The Morgan fingerprint density at radius 2 is 1.95 bits per heavy atom. The van der Waals surface area contributed by atoms with Crippen LogP contribution in [0.3, 0.4) is 0 Å². The first-order valence-corrected chi connectivity index (χ1v) is 5.81. The summed E-state index contributed by atoms with van der Waals surface area (Å²) in [5, 5.41) is 18.6. The van der Waals surface area contributed by atoms with E-state index in [2.05, 4.69) is 11.8 Å². The summed E-state index contributed by atoms with van der Waals surface area (Å²) < 4.78 is 0. The van der Waals surface area contributed by atoms with Crippen LogP contribution in [0.5, 0.6) is 5.75 Å². The number of hydrogen-bond donors (Lipinski definition) is 1. The van der Waals surface area contributed by atoms with E-state index in [0.717, 1.165) is 0 Å². The summed E-state index contributed by atoms with van der Waals surface area (Å²) in [5.74, 6) is 4.96. The van der Waals surface area contributed by atoms with E-state index in [-0.39, 0.29) is 22.3 Å². The third-order valence-electron chi connectivity index (χ3n) is 2.18. The summed E-state index contributed by atoms with van der Waals surface area (Å²) in [6.45, 7) is 5.81. The first-order valence-electron chi connectivity index (χ1n) is 5.81. The van der Waals surface area contributed by atoms with E-state index in [1.165, 1.54) is 18.2 Å². The van der Waals surface area contributed by atoms with Gasteiger partial charge in [0, 0.05) is 11.5 Å². The van der Waals surface area contributed by atoms with Gasteiger partial charge in [-0.1, -0.05) is 24.0 Å². The first kappa shape index (κ1) is 14.5. The van der Waals surface area contributed by atoms with Crippen molar-refractivity contribution in [1.82, 2.24) is 0 Å². The van der Waals surface area contributed by atoms with Gasteiger partial charge in [-0.15, -0.1) is 0 Å². The quantitative estimate of drug-likeness (QED) is 0.381. The average Bonchev–Trinajstić information content (AvgIpc) is 2.33. The largest absolute Gasteiger partial charge is 0.507 e. The summed E-state index contributed by atoms with van der Waals surface area (Å²) in [7, 11) is 0. The van der Waals surface area contributed by atoms with E-state index in [0.29, 0.717) is 0 Å². The van der Waals surface area contributed by atoms with Crippen molar-refractivity contribution in [3.63, 3.8) is 0 Å². The van der Waals surface area contributed by atoms with Gasteiger partial charge in [-0.05, 0) is 32.9 Å². The molecule has 0 fully saturated rings. The molecule has 0 unspecified atom stereocenters. The van der Waals surface area contributed by atoms with Gasteiger partial charge in [0.05, 0.1) is 5.56 Å². The van der Waals surface area contributed by atoms with Crippen molar-refractivity contribution in [3.05, 3.63) is 41.5 Å². The number of hydrogen-bond acceptors (Lipinski definition) is 3. The highest BCUT2D eigenvalue weighted by molar-refractivity contribution is 6.13. The van der Waals surface area contributed by atoms with Crippen molar-refractivity contribution in [2.75, 3.05) is 0 Å². The molecule has 1 rings (SSSR count). The van der Waals surface area contributed by atoms with E-state index in [9.17, 15) is 9.90 Å². The number of phenolic OH excluding ortho intramolecular Hbond substituents is 1. The zero-order chi connectivity index (χ0) is 14.5. The minimum atomic E-state index is -0.524. The highest BCUT2D eigenvalue weighted by atomic mass is 16.3. The SMILES string of the molecule is CC(C)(C)C#C/C=C(\C#N)C(=O)c1ccccc1O. The predicted octanol–water partition coefficient (Wildman–Crippen LogP) is 3.07. The molecule has 0 aliphatic rings. The van der Waals surface area contributed by atoms with E-state index in [1.54, 1.807) is 12.1 Å². The van der Waals surface area contributed by atoms with E-state index < -0.39 is 5.78 Å². The fraction of sp³-hybridized carbons (Fsp3) is 0.250. The fourth-order valence-corrected chi connectivity index (χ4v) is 1.28. The van der Waals surface area contributed by atoms with Crippen LogP contribution in [-0.2, 0) is 0 Å². The molecule has 0 amide bonds. The molecule has 3 heteroatoms. The number of benzene rings is 1. The van der Waals surface area contributed by atoms with Gasteiger partial charge in [0.25, 0.3) is 0 Å². The Labute approximate surface area is 113 Å². The van der Waals surface area contributed by atoms with Crippen LogP contribution in [-0.4, -0.2) is 10.9 Å². The van der Waals surface area contributed by atoms with Gasteiger partial charge in [-0.3, -0.25) is 4.79 Å². The van der Waals surface area contributed by atoms with Crippen LogP contribution in [0.25, 0.3) is 0 Å². The second kappa shape index (κ2) is 5.89. The van der Waals surface area contributed by atoms with Gasteiger partial charge in [0.1, 0.15) is 17.4 Å². The molecule has 0 spiro atoms. The van der Waals surface area contributed by atoms with E-state index >= 15 is 0 Å². The molecule has 0 saturated heterocycles. The Morgan fingerprint density at radius 1 is 1.32 bits per heavy atom. The van der Waals surface area contributed by atoms with Gasteiger partial charge < -0.3 is 5.11 Å². The van der Waals surface area contributed by atoms with Gasteiger partial charge in [0.2, 0.25) is 5.78 Å². The lowest BCUT2D eigenvalue weighted by atomic mass is 9.97. The smallest absolute Gasteiger partial charge is 0.207 e. The number of Topliss-reactive ketones (excluding diaryl/α,β-unsaturated/α-hetero) is 1. The predicted molar refractivity (Wildman–Crippen MR) is 73.4 cm³/mol. The maximum Gasteiger partial charge on any atom is 0.207 e. The number of aromatic hydroxyl groups is 1. The molecule has 0 atom stereocenters. The average molecular weight is 253 g/mol. The summed E-state index contributed by atoms with van der Waals surface area (Å²) in [6, 6.07) is 7.93. The maximum atomic E-state index is 12.0. The van der Waals surface area contributed by atoms with Crippen molar-refractivity contribution in [3.8, 4) is 23.7 Å². The summed E-state index contributed by atoms with van der Waals surface area (Å²) >= 11 is 0. The van der Waals surface area contributed by atoms with Gasteiger partial charge in [0.15, 0.2) is 0 Å². The second-order valence-corrected chi connectivity index (χ2v) is 5.04. The van der Waals surface area contributed by atoms with Crippen molar-refractivity contribution in [2.24, 2.45) is 5.41 Å². The number of para-hydroxylation sites is 1. The van der Waals surface area contributed by atoms with Crippen LogP contribution in [0.1, 0.15) is 31.1 Å². The molecule has 3 nitrogen and oxygen atoms in total. The molecule has 1 aromatic rings. The molecule has 19 heavy (non-hydrogen) atoms. The number of rotatable bonds is 2. The molecule has 0 radical (unpaired) electrons. The van der Waals surface area contributed by atoms with E-state index in [1.807, 2.05) is 26.8 Å². The molecule has 0 bridgehead atoms. The third-order valence-corrected chi connectivity index (χ3v) is 2.18. The van der Waals surface area contributed by atoms with Crippen molar-refractivity contribution in [2.45, 2.75) is 20.8 Å². The van der Waals surface area contributed by atoms with Crippen LogP contribution in [0, 0.1) is 28.6 Å². The Bertz CT molecular complexity index is 617. The summed E-state index contributed by atoms with van der Waals surface area (Å²) in [4.78, 5) is 12.0. The lowest BCUT2D eigenvalue weighted by Crippen LogP contribution is -2.02. The Kier molecular flexibility index (Phi) is 4.51. The molecular weight excluding hydrogens is 238 g/mol. The number of carbonyl (C=O) groups is 1. The van der Waals surface area contributed by atoms with Gasteiger partial charge in [-0.25, -0.2) is 0 Å². The molecular formula is C16H15NO2. The Hall–Kier alpha value is -2.52.